The topological polar surface area (TPSA) is 75.5 Å². The molecule has 102 valence electrons. The summed E-state index contributed by atoms with van der Waals surface area (Å²) in [5.41, 5.74) is 0.951. The van der Waals surface area contributed by atoms with Crippen LogP contribution in [0.25, 0.3) is 0 Å². The molecule has 0 saturated carbocycles. The third-order valence-corrected chi connectivity index (χ3v) is 3.18. The summed E-state index contributed by atoms with van der Waals surface area (Å²) in [6.45, 7) is 2.40. The number of carbonyl (C=O) groups excluding carboxylic acids is 1. The van der Waals surface area contributed by atoms with Crippen LogP contribution in [0.5, 0.6) is 0 Å². The lowest BCUT2D eigenvalue weighted by atomic mass is 10.3. The maximum Gasteiger partial charge on any atom is 0.269 e. The average Bonchev–Trinajstić information content (AvgIpc) is 2.81. The Hall–Kier alpha value is -2.11. The predicted octanol–water partition coefficient (Wildman–Crippen LogP) is 2.02. The van der Waals surface area contributed by atoms with E-state index in [0.29, 0.717) is 6.42 Å². The van der Waals surface area contributed by atoms with Gasteiger partial charge in [0.25, 0.3) is 5.69 Å². The Morgan fingerprint density at radius 2 is 2.05 bits per heavy atom. The Labute approximate surface area is 111 Å². The van der Waals surface area contributed by atoms with Crippen molar-refractivity contribution in [1.82, 2.24) is 4.90 Å². The van der Waals surface area contributed by atoms with Gasteiger partial charge in [0.05, 0.1) is 4.92 Å². The number of nitrogens with one attached hydrogen (secondary N) is 1. The highest BCUT2D eigenvalue weighted by Crippen LogP contribution is 2.15. The van der Waals surface area contributed by atoms with E-state index in [-0.39, 0.29) is 11.6 Å². The summed E-state index contributed by atoms with van der Waals surface area (Å²) in [5.74, 6) is 0.246. The zero-order valence-corrected chi connectivity index (χ0v) is 10.7. The van der Waals surface area contributed by atoms with Gasteiger partial charge in [0.2, 0.25) is 5.91 Å². The van der Waals surface area contributed by atoms with E-state index in [9.17, 15) is 14.9 Å². The van der Waals surface area contributed by atoms with Gasteiger partial charge in [0.15, 0.2) is 0 Å². The first-order valence-electron chi connectivity index (χ1n) is 6.43. The van der Waals surface area contributed by atoms with E-state index in [1.807, 2.05) is 4.90 Å². The number of nitrogens with zero attached hydrogens (tertiary/aromatic N) is 2. The Morgan fingerprint density at radius 3 is 2.63 bits per heavy atom. The van der Waals surface area contributed by atoms with Crippen LogP contribution in [0.3, 0.4) is 0 Å². The Balaban J connectivity index is 1.70. The average molecular weight is 263 g/mol. The van der Waals surface area contributed by atoms with Crippen molar-refractivity contribution in [2.75, 3.05) is 25.0 Å². The summed E-state index contributed by atoms with van der Waals surface area (Å²) >= 11 is 0. The van der Waals surface area contributed by atoms with Crippen molar-refractivity contribution in [2.45, 2.75) is 19.3 Å². The molecule has 1 fully saturated rings. The van der Waals surface area contributed by atoms with Crippen LogP contribution in [-0.2, 0) is 4.79 Å². The third-order valence-electron chi connectivity index (χ3n) is 3.18. The number of hydrogen-bond acceptors (Lipinski definition) is 4. The van der Waals surface area contributed by atoms with Crippen LogP contribution < -0.4 is 5.32 Å². The number of nitro benzene ring substituents is 1. The summed E-state index contributed by atoms with van der Waals surface area (Å²) in [4.78, 5) is 23.4. The fourth-order valence-corrected chi connectivity index (χ4v) is 2.14. The molecule has 0 bridgehead atoms. The molecule has 1 aromatic carbocycles. The molecule has 1 aliphatic heterocycles. The van der Waals surface area contributed by atoms with E-state index in [1.165, 1.54) is 12.1 Å². The molecule has 6 heteroatoms. The highest BCUT2D eigenvalue weighted by atomic mass is 16.6. The molecule has 1 saturated heterocycles. The third kappa shape index (κ3) is 3.67. The molecule has 1 aromatic rings. The number of anilines is 1. The second-order valence-electron chi connectivity index (χ2n) is 4.57. The van der Waals surface area contributed by atoms with Crippen LogP contribution >= 0.6 is 0 Å². The number of hydrogen-bond donors (Lipinski definition) is 1. The monoisotopic (exact) mass is 263 g/mol. The molecule has 19 heavy (non-hydrogen) atoms. The van der Waals surface area contributed by atoms with Gasteiger partial charge < -0.3 is 10.2 Å². The molecule has 0 spiro atoms. The summed E-state index contributed by atoms with van der Waals surface area (Å²) in [6, 6.07) is 6.34. The molecule has 1 heterocycles. The molecule has 2 rings (SSSR count). The molecule has 0 radical (unpaired) electrons. The van der Waals surface area contributed by atoms with E-state index in [2.05, 4.69) is 5.32 Å². The number of benzene rings is 1. The van der Waals surface area contributed by atoms with Gasteiger partial charge in [0, 0.05) is 43.9 Å². The van der Waals surface area contributed by atoms with Crippen molar-refractivity contribution < 1.29 is 9.72 Å². The van der Waals surface area contributed by atoms with Gasteiger partial charge in [-0.1, -0.05) is 0 Å². The van der Waals surface area contributed by atoms with Gasteiger partial charge in [-0.25, -0.2) is 0 Å². The van der Waals surface area contributed by atoms with Crippen LogP contribution in [0.2, 0.25) is 0 Å². The number of amides is 1. The fourth-order valence-electron chi connectivity index (χ4n) is 2.14. The lowest BCUT2D eigenvalue weighted by molar-refractivity contribution is -0.384. The minimum atomic E-state index is -0.414. The van der Waals surface area contributed by atoms with Crippen molar-refractivity contribution in [2.24, 2.45) is 0 Å². The minimum absolute atomic E-state index is 0.0909. The molecular formula is C13H17N3O3. The first-order chi connectivity index (χ1) is 9.16. The Morgan fingerprint density at radius 1 is 1.32 bits per heavy atom. The van der Waals surface area contributed by atoms with Gasteiger partial charge in [0.1, 0.15) is 0 Å². The van der Waals surface area contributed by atoms with Crippen molar-refractivity contribution >= 4 is 17.3 Å². The van der Waals surface area contributed by atoms with E-state index < -0.39 is 4.92 Å². The molecular weight excluding hydrogens is 246 g/mol. The van der Waals surface area contributed by atoms with Crippen LogP contribution in [0.4, 0.5) is 11.4 Å². The standard InChI is InChI=1S/C13H17N3O3/c17-13-3-1-9-15(13)10-2-8-14-11-4-6-12(7-5-11)16(18)19/h4-7,14H,1-3,8-10H2. The lowest BCUT2D eigenvalue weighted by Crippen LogP contribution is -2.26. The second kappa shape index (κ2) is 6.17. The number of nitro groups is 1. The maximum absolute atomic E-state index is 11.4. The SMILES string of the molecule is O=C1CCCN1CCCNc1ccc([N+](=O)[O-])cc1. The molecule has 0 atom stereocenters. The summed E-state index contributed by atoms with van der Waals surface area (Å²) in [6.07, 6.45) is 2.52. The zero-order valence-electron chi connectivity index (χ0n) is 10.7. The number of non-ortho nitro benzene ring substituents is 1. The van der Waals surface area contributed by atoms with Gasteiger partial charge in [-0.3, -0.25) is 14.9 Å². The van der Waals surface area contributed by atoms with Crippen LogP contribution in [0.15, 0.2) is 24.3 Å². The summed E-state index contributed by atoms with van der Waals surface area (Å²) in [5, 5.41) is 13.7. The Bertz CT molecular complexity index is 459. The number of carbonyl (C=O) groups is 1. The minimum Gasteiger partial charge on any atom is -0.385 e. The molecule has 1 aliphatic rings. The number of likely N-dealkylation sites (tertiary alicyclic amines) is 1. The molecule has 1 amide bonds. The van der Waals surface area contributed by atoms with Crippen LogP contribution in [0.1, 0.15) is 19.3 Å². The van der Waals surface area contributed by atoms with Crippen molar-refractivity contribution in [3.05, 3.63) is 34.4 Å². The van der Waals surface area contributed by atoms with Crippen LogP contribution in [-0.4, -0.2) is 35.4 Å². The van der Waals surface area contributed by atoms with Gasteiger partial charge in [-0.2, -0.15) is 0 Å². The normalized spacial score (nSPS) is 14.7. The van der Waals surface area contributed by atoms with E-state index >= 15 is 0 Å². The highest BCUT2D eigenvalue weighted by molar-refractivity contribution is 5.78. The van der Waals surface area contributed by atoms with Gasteiger partial charge in [-0.15, -0.1) is 0 Å². The van der Waals surface area contributed by atoms with Gasteiger partial charge in [-0.05, 0) is 25.0 Å². The van der Waals surface area contributed by atoms with E-state index in [4.69, 9.17) is 0 Å². The van der Waals surface area contributed by atoms with Crippen molar-refractivity contribution in [3.63, 3.8) is 0 Å². The molecule has 0 aliphatic carbocycles. The Kier molecular flexibility index (Phi) is 4.33. The number of rotatable bonds is 6. The second-order valence-corrected chi connectivity index (χ2v) is 4.57. The molecule has 1 N–H and O–H groups in total. The molecule has 6 nitrogen and oxygen atoms in total. The molecule has 0 unspecified atom stereocenters. The smallest absolute Gasteiger partial charge is 0.269 e. The highest BCUT2D eigenvalue weighted by Gasteiger charge is 2.18. The predicted molar refractivity (Wildman–Crippen MR) is 72.0 cm³/mol. The van der Waals surface area contributed by atoms with Crippen LogP contribution in [0, 0.1) is 10.1 Å². The first kappa shape index (κ1) is 13.3. The van der Waals surface area contributed by atoms with Crippen molar-refractivity contribution in [1.29, 1.82) is 0 Å². The van der Waals surface area contributed by atoms with E-state index in [0.717, 1.165) is 38.2 Å². The maximum atomic E-state index is 11.4. The lowest BCUT2D eigenvalue weighted by Gasteiger charge is -2.15. The van der Waals surface area contributed by atoms with Crippen molar-refractivity contribution in [3.8, 4) is 0 Å². The van der Waals surface area contributed by atoms with Gasteiger partial charge >= 0.3 is 0 Å². The first-order valence-corrected chi connectivity index (χ1v) is 6.43. The summed E-state index contributed by atoms with van der Waals surface area (Å²) < 4.78 is 0. The quantitative estimate of drug-likeness (QED) is 0.484. The summed E-state index contributed by atoms with van der Waals surface area (Å²) in [7, 11) is 0. The largest absolute Gasteiger partial charge is 0.385 e. The zero-order chi connectivity index (χ0) is 13.7. The molecule has 0 aromatic heterocycles. The van der Waals surface area contributed by atoms with E-state index in [1.54, 1.807) is 12.1 Å². The fraction of sp³-hybridized carbons (Fsp3) is 0.462.